The maximum absolute atomic E-state index is 12.5. The summed E-state index contributed by atoms with van der Waals surface area (Å²) in [5, 5.41) is 24.0. The van der Waals surface area contributed by atoms with Gasteiger partial charge < -0.3 is 25.6 Å². The molecule has 10 nitrogen and oxygen atoms in total. The van der Waals surface area contributed by atoms with E-state index in [0.29, 0.717) is 5.75 Å². The lowest BCUT2D eigenvalue weighted by Gasteiger charge is -2.48. The molecule has 2 aliphatic rings. The second-order valence-corrected chi connectivity index (χ2v) is 8.56. The van der Waals surface area contributed by atoms with E-state index >= 15 is 0 Å². The molecule has 0 spiro atoms. The number of hydrogen-bond acceptors (Lipinski definition) is 7. The van der Waals surface area contributed by atoms with E-state index in [1.54, 1.807) is 0 Å². The second-order valence-electron chi connectivity index (χ2n) is 7.45. The minimum Gasteiger partial charge on any atom is -0.498 e. The summed E-state index contributed by atoms with van der Waals surface area (Å²) in [7, 11) is 1.38. The first-order valence-corrected chi connectivity index (χ1v) is 11.3. The van der Waals surface area contributed by atoms with Crippen LogP contribution in [0.5, 0.6) is 0 Å². The fourth-order valence-electron chi connectivity index (χ4n) is 3.45. The number of amides is 2. The van der Waals surface area contributed by atoms with Crippen LogP contribution in [-0.4, -0.2) is 75.9 Å². The highest BCUT2D eigenvalue weighted by molar-refractivity contribution is 8.00. The number of nitrogens with one attached hydrogen (secondary N) is 2. The first-order chi connectivity index (χ1) is 16.9. The average Bonchev–Trinajstić information content (AvgIpc) is 2.84. The molecule has 2 aromatic carbocycles. The number of methoxy groups -OCH3 is 1. The molecule has 1 unspecified atom stereocenters. The number of carboxylic acids is 2. The van der Waals surface area contributed by atoms with E-state index in [9.17, 15) is 32.7 Å². The van der Waals surface area contributed by atoms with E-state index in [-0.39, 0.29) is 23.9 Å². The molecule has 0 aromatic heterocycles. The van der Waals surface area contributed by atoms with Gasteiger partial charge in [0.25, 0.3) is 5.91 Å². The molecule has 0 aliphatic carbocycles. The Labute approximate surface area is 206 Å². The summed E-state index contributed by atoms with van der Waals surface area (Å²) in [5.41, 5.74) is 0.648. The van der Waals surface area contributed by atoms with Crippen LogP contribution in [0.3, 0.4) is 0 Å². The van der Waals surface area contributed by atoms with Gasteiger partial charge in [0.1, 0.15) is 17.2 Å². The molecule has 0 bridgehead atoms. The van der Waals surface area contributed by atoms with Gasteiger partial charge in [0.2, 0.25) is 5.91 Å². The van der Waals surface area contributed by atoms with E-state index in [1.165, 1.54) is 23.8 Å². The van der Waals surface area contributed by atoms with Crippen molar-refractivity contribution < 1.29 is 47.3 Å². The highest BCUT2D eigenvalue weighted by Crippen LogP contribution is 2.40. The van der Waals surface area contributed by atoms with Crippen molar-refractivity contribution in [2.75, 3.05) is 24.7 Å². The Kier molecular flexibility index (Phi) is 7.97. The van der Waals surface area contributed by atoms with Crippen LogP contribution in [0.25, 0.3) is 10.8 Å². The number of rotatable bonds is 6. The zero-order valence-electron chi connectivity index (χ0n) is 18.5. The standard InChI is InChI=1S/C20H19N3O5S.C2HF3O2/c1-28-14-10-29-19-16(18(25)23(19)17(14)20(26)27)22-15(24)9-21-13-7-6-11-4-2-3-5-12(11)8-13;3-2(4,5)1(6)7/h2-8,16,19,21H,9-10H2,1H3,(H,22,24)(H,26,27);(H,6,7)/t16?,19-;/m0./s1. The number of fused-ring (bicyclic) bond motifs is 2. The molecule has 1 fully saturated rings. The Balaban J connectivity index is 0.000000454. The summed E-state index contributed by atoms with van der Waals surface area (Å²) in [6, 6.07) is 13.0. The molecule has 2 heterocycles. The van der Waals surface area contributed by atoms with Crippen molar-refractivity contribution in [2.45, 2.75) is 17.6 Å². The fraction of sp³-hybridized carbons (Fsp3) is 0.273. The number of β-lactam (4-membered cyclic amide) rings is 1. The lowest BCUT2D eigenvalue weighted by molar-refractivity contribution is -0.192. The highest BCUT2D eigenvalue weighted by Gasteiger charge is 2.54. The van der Waals surface area contributed by atoms with E-state index in [2.05, 4.69) is 10.6 Å². The minimum absolute atomic E-state index is 0.00442. The van der Waals surface area contributed by atoms with Gasteiger partial charge in [0.15, 0.2) is 5.70 Å². The lowest BCUT2D eigenvalue weighted by atomic mass is 10.0. The van der Waals surface area contributed by atoms with E-state index in [4.69, 9.17) is 14.6 Å². The Morgan fingerprint density at radius 3 is 2.36 bits per heavy atom. The van der Waals surface area contributed by atoms with E-state index in [1.807, 2.05) is 42.5 Å². The van der Waals surface area contributed by atoms with Gasteiger partial charge in [-0.15, -0.1) is 11.8 Å². The molecular formula is C22H20F3N3O7S. The predicted octanol–water partition coefficient (Wildman–Crippen LogP) is 2.23. The zero-order valence-corrected chi connectivity index (χ0v) is 19.4. The first kappa shape index (κ1) is 26.7. The van der Waals surface area contributed by atoms with Crippen LogP contribution in [0.4, 0.5) is 18.9 Å². The Bertz CT molecular complexity index is 1230. The largest absolute Gasteiger partial charge is 0.498 e. The first-order valence-electron chi connectivity index (χ1n) is 10.2. The number of carbonyl (C=O) groups is 4. The molecule has 1 saturated heterocycles. The molecule has 36 heavy (non-hydrogen) atoms. The molecule has 2 aliphatic heterocycles. The Hall–Kier alpha value is -3.94. The average molecular weight is 527 g/mol. The topological polar surface area (TPSA) is 145 Å². The van der Waals surface area contributed by atoms with Crippen LogP contribution in [0.1, 0.15) is 0 Å². The fourth-order valence-corrected chi connectivity index (χ4v) is 4.77. The van der Waals surface area contributed by atoms with Crippen molar-refractivity contribution in [3.05, 3.63) is 53.9 Å². The van der Waals surface area contributed by atoms with E-state index < -0.39 is 35.4 Å². The van der Waals surface area contributed by atoms with Crippen LogP contribution in [-0.2, 0) is 23.9 Å². The number of halogens is 3. The summed E-state index contributed by atoms with van der Waals surface area (Å²) < 4.78 is 36.8. The monoisotopic (exact) mass is 527 g/mol. The SMILES string of the molecule is COC1=C(C(=O)O)N2C(=O)C(NC(=O)CNc3ccc4ccccc4c3)[C@@H]2SC1.O=C(O)C(F)(F)F. The third-order valence-corrected chi connectivity index (χ3v) is 6.40. The summed E-state index contributed by atoms with van der Waals surface area (Å²) in [5.74, 6) is -4.19. The summed E-state index contributed by atoms with van der Waals surface area (Å²) in [6.07, 6.45) is -5.08. The molecule has 2 amide bonds. The number of anilines is 1. The molecule has 192 valence electrons. The number of hydrogen-bond donors (Lipinski definition) is 4. The molecule has 2 atom stereocenters. The van der Waals surface area contributed by atoms with Gasteiger partial charge in [-0.3, -0.25) is 14.5 Å². The third-order valence-electron chi connectivity index (χ3n) is 5.14. The van der Waals surface area contributed by atoms with Gasteiger partial charge in [-0.1, -0.05) is 30.3 Å². The normalized spacial score (nSPS) is 18.9. The molecule has 14 heteroatoms. The van der Waals surface area contributed by atoms with Crippen molar-refractivity contribution in [3.8, 4) is 0 Å². The van der Waals surface area contributed by atoms with Crippen molar-refractivity contribution in [1.82, 2.24) is 10.2 Å². The number of alkyl halides is 3. The van der Waals surface area contributed by atoms with Crippen LogP contribution >= 0.6 is 11.8 Å². The lowest BCUT2D eigenvalue weighted by Crippen LogP contribution is -2.70. The molecule has 0 saturated carbocycles. The van der Waals surface area contributed by atoms with Crippen molar-refractivity contribution in [3.63, 3.8) is 0 Å². The maximum Gasteiger partial charge on any atom is 0.490 e. The van der Waals surface area contributed by atoms with Crippen molar-refractivity contribution >= 4 is 52.0 Å². The number of aliphatic carboxylic acids is 2. The zero-order chi connectivity index (χ0) is 26.6. The quantitative estimate of drug-likeness (QED) is 0.416. The summed E-state index contributed by atoms with van der Waals surface area (Å²) in [4.78, 5) is 46.4. The predicted molar refractivity (Wildman–Crippen MR) is 123 cm³/mol. The summed E-state index contributed by atoms with van der Waals surface area (Å²) >= 11 is 1.36. The van der Waals surface area contributed by atoms with Crippen molar-refractivity contribution in [1.29, 1.82) is 0 Å². The Morgan fingerprint density at radius 2 is 1.78 bits per heavy atom. The number of thioether (sulfide) groups is 1. The number of carbonyl (C=O) groups excluding carboxylic acids is 2. The van der Waals surface area contributed by atoms with Crippen LogP contribution in [0, 0.1) is 0 Å². The van der Waals surface area contributed by atoms with Gasteiger partial charge in [0, 0.05) is 5.69 Å². The number of ether oxygens (including phenoxy) is 1. The molecule has 4 N–H and O–H groups in total. The molecule has 0 radical (unpaired) electrons. The summed E-state index contributed by atoms with van der Waals surface area (Å²) in [6.45, 7) is 0.00442. The van der Waals surface area contributed by atoms with Gasteiger partial charge in [0.05, 0.1) is 19.4 Å². The molecule has 4 rings (SSSR count). The Morgan fingerprint density at radius 1 is 1.14 bits per heavy atom. The highest BCUT2D eigenvalue weighted by atomic mass is 32.2. The smallest absolute Gasteiger partial charge is 0.490 e. The number of carboxylic acid groups (broad SMARTS) is 2. The van der Waals surface area contributed by atoms with Crippen molar-refractivity contribution in [2.24, 2.45) is 0 Å². The van der Waals surface area contributed by atoms with Gasteiger partial charge in [-0.2, -0.15) is 13.2 Å². The number of nitrogens with zero attached hydrogens (tertiary/aromatic N) is 1. The second kappa shape index (κ2) is 10.8. The van der Waals surface area contributed by atoms with E-state index in [0.717, 1.165) is 16.5 Å². The third kappa shape index (κ3) is 5.82. The van der Waals surface area contributed by atoms with Gasteiger partial charge >= 0.3 is 18.1 Å². The van der Waals surface area contributed by atoms with Gasteiger partial charge in [-0.05, 0) is 22.9 Å². The molecular weight excluding hydrogens is 507 g/mol. The van der Waals surface area contributed by atoms with Gasteiger partial charge in [-0.25, -0.2) is 9.59 Å². The van der Waals surface area contributed by atoms with Crippen LogP contribution in [0.15, 0.2) is 53.9 Å². The maximum atomic E-state index is 12.5. The molecule has 2 aromatic rings. The van der Waals surface area contributed by atoms with Crippen LogP contribution in [0.2, 0.25) is 0 Å². The number of benzene rings is 2. The minimum atomic E-state index is -5.08. The van der Waals surface area contributed by atoms with Crippen LogP contribution < -0.4 is 10.6 Å².